The molecule has 1 aliphatic rings. The van der Waals surface area contributed by atoms with Crippen molar-refractivity contribution in [1.29, 1.82) is 0 Å². The van der Waals surface area contributed by atoms with Crippen LogP contribution in [-0.4, -0.2) is 19.8 Å². The summed E-state index contributed by atoms with van der Waals surface area (Å²) >= 11 is 5.94. The van der Waals surface area contributed by atoms with Crippen molar-refractivity contribution in [2.24, 2.45) is 0 Å². The van der Waals surface area contributed by atoms with Gasteiger partial charge in [0, 0.05) is 11.6 Å². The van der Waals surface area contributed by atoms with Crippen molar-refractivity contribution in [1.82, 2.24) is 0 Å². The predicted molar refractivity (Wildman–Crippen MR) is 96.1 cm³/mol. The molecule has 0 aliphatic carbocycles. The van der Waals surface area contributed by atoms with Crippen LogP contribution < -0.4 is 0 Å². The minimum absolute atomic E-state index is 0.236. The Morgan fingerprint density at radius 1 is 1.17 bits per heavy atom. The van der Waals surface area contributed by atoms with Crippen molar-refractivity contribution in [3.05, 3.63) is 64.7 Å². The molecule has 0 aromatic heterocycles. The highest BCUT2D eigenvalue weighted by molar-refractivity contribution is 7.92. The second kappa shape index (κ2) is 6.51. The Bertz CT molecular complexity index is 830. The molecule has 0 radical (unpaired) electrons. The summed E-state index contributed by atoms with van der Waals surface area (Å²) in [6.07, 6.45) is 0.693. The van der Waals surface area contributed by atoms with Gasteiger partial charge in [-0.15, -0.1) is 0 Å². The zero-order valence-corrected chi connectivity index (χ0v) is 15.4. The van der Waals surface area contributed by atoms with Gasteiger partial charge in [-0.1, -0.05) is 35.9 Å². The van der Waals surface area contributed by atoms with Crippen molar-refractivity contribution < 1.29 is 13.2 Å². The van der Waals surface area contributed by atoms with Crippen LogP contribution in [0.3, 0.4) is 0 Å². The van der Waals surface area contributed by atoms with Crippen LogP contribution in [0.25, 0.3) is 0 Å². The number of aryl methyl sites for hydroxylation is 1. The normalized spacial score (nSPS) is 24.7. The number of hydrogen-bond acceptors (Lipinski definition) is 3. The molecule has 3 nitrogen and oxygen atoms in total. The van der Waals surface area contributed by atoms with E-state index in [-0.39, 0.29) is 6.10 Å². The molecule has 24 heavy (non-hydrogen) atoms. The van der Waals surface area contributed by atoms with Gasteiger partial charge < -0.3 is 4.74 Å². The molecule has 1 fully saturated rings. The van der Waals surface area contributed by atoms with Crippen molar-refractivity contribution in [3.8, 4) is 0 Å². The summed E-state index contributed by atoms with van der Waals surface area (Å²) < 4.78 is 31.4. The lowest BCUT2D eigenvalue weighted by molar-refractivity contribution is 0.000314. The quantitative estimate of drug-likeness (QED) is 0.790. The van der Waals surface area contributed by atoms with Gasteiger partial charge >= 0.3 is 0 Å². The highest BCUT2D eigenvalue weighted by Crippen LogP contribution is 2.42. The van der Waals surface area contributed by atoms with Gasteiger partial charge in [0.1, 0.15) is 0 Å². The minimum Gasteiger partial charge on any atom is -0.373 e. The van der Waals surface area contributed by atoms with Crippen LogP contribution in [0.1, 0.15) is 37.0 Å². The third kappa shape index (κ3) is 3.23. The second-order valence-corrected chi connectivity index (χ2v) is 9.54. The molecule has 0 amide bonds. The van der Waals surface area contributed by atoms with Crippen LogP contribution in [0.2, 0.25) is 5.02 Å². The summed E-state index contributed by atoms with van der Waals surface area (Å²) in [6, 6.07) is 14.5. The Kier molecular flexibility index (Phi) is 4.73. The van der Waals surface area contributed by atoms with Crippen molar-refractivity contribution in [3.63, 3.8) is 0 Å². The molecule has 0 saturated carbocycles. The number of hydrogen-bond donors (Lipinski definition) is 0. The maximum Gasteiger partial charge on any atom is 0.184 e. The van der Waals surface area contributed by atoms with Crippen LogP contribution in [0.15, 0.2) is 53.4 Å². The minimum atomic E-state index is -3.44. The van der Waals surface area contributed by atoms with Crippen LogP contribution in [0.5, 0.6) is 0 Å². The molecule has 2 aromatic rings. The molecule has 1 heterocycles. The fourth-order valence-corrected chi connectivity index (χ4v) is 5.19. The maximum absolute atomic E-state index is 13.2. The summed E-state index contributed by atoms with van der Waals surface area (Å²) in [5.41, 5.74) is 1.91. The van der Waals surface area contributed by atoms with E-state index in [0.29, 0.717) is 29.4 Å². The third-order valence-electron chi connectivity index (χ3n) is 4.76. The third-order valence-corrected chi connectivity index (χ3v) is 7.55. The molecule has 1 aliphatic heterocycles. The molecule has 3 rings (SSSR count). The van der Waals surface area contributed by atoms with E-state index in [9.17, 15) is 8.42 Å². The number of halogens is 1. The summed E-state index contributed by atoms with van der Waals surface area (Å²) in [5.74, 6) is 0. The van der Waals surface area contributed by atoms with Crippen molar-refractivity contribution >= 4 is 21.4 Å². The average molecular weight is 365 g/mol. The summed E-state index contributed by atoms with van der Waals surface area (Å²) in [7, 11) is -3.44. The van der Waals surface area contributed by atoms with Gasteiger partial charge in [0.2, 0.25) is 0 Å². The van der Waals surface area contributed by atoms with E-state index in [2.05, 4.69) is 0 Å². The standard InChI is InChI=1S/C19H21ClO3S/c1-14-4-3-5-17(12-14)24(21,22)19(2)10-11-23-18(13-19)15-6-8-16(20)9-7-15/h3-9,12,18H,10-11,13H2,1-2H3/t18-,19-/m0/s1. The SMILES string of the molecule is Cc1cccc(S(=O)(=O)[C@@]2(C)CCO[C@H](c3ccc(Cl)cc3)C2)c1. The number of rotatable bonds is 3. The van der Waals surface area contributed by atoms with Crippen LogP contribution >= 0.6 is 11.6 Å². The van der Waals surface area contributed by atoms with Gasteiger partial charge in [0.05, 0.1) is 15.7 Å². The van der Waals surface area contributed by atoms with Crippen LogP contribution in [-0.2, 0) is 14.6 Å². The molecule has 5 heteroatoms. The fraction of sp³-hybridized carbons (Fsp3) is 0.368. The van der Waals surface area contributed by atoms with E-state index in [1.54, 1.807) is 30.3 Å². The Morgan fingerprint density at radius 2 is 1.88 bits per heavy atom. The Morgan fingerprint density at radius 3 is 2.54 bits per heavy atom. The monoisotopic (exact) mass is 364 g/mol. The largest absolute Gasteiger partial charge is 0.373 e. The number of sulfone groups is 1. The lowest BCUT2D eigenvalue weighted by Crippen LogP contribution is -2.42. The molecule has 128 valence electrons. The lowest BCUT2D eigenvalue weighted by Gasteiger charge is -2.38. The summed E-state index contributed by atoms with van der Waals surface area (Å²) in [4.78, 5) is 0.391. The highest BCUT2D eigenvalue weighted by Gasteiger charge is 2.45. The summed E-state index contributed by atoms with van der Waals surface area (Å²) in [6.45, 7) is 4.16. The highest BCUT2D eigenvalue weighted by atomic mass is 35.5. The summed E-state index contributed by atoms with van der Waals surface area (Å²) in [5, 5.41) is 0.657. The molecule has 0 spiro atoms. The first-order chi connectivity index (χ1) is 11.3. The Labute approximate surface area is 148 Å². The average Bonchev–Trinajstić information content (AvgIpc) is 2.55. The van der Waals surface area contributed by atoms with Crippen LogP contribution in [0, 0.1) is 6.92 Å². The van der Waals surface area contributed by atoms with E-state index < -0.39 is 14.6 Å². The Hall–Kier alpha value is -1.36. The second-order valence-electron chi connectivity index (χ2n) is 6.63. The van der Waals surface area contributed by atoms with Gasteiger partial charge in [-0.25, -0.2) is 8.42 Å². The molecule has 0 bridgehead atoms. The fourth-order valence-electron chi connectivity index (χ4n) is 3.17. The van der Waals surface area contributed by atoms with Gasteiger partial charge in [0.25, 0.3) is 0 Å². The number of benzene rings is 2. The molecule has 0 N–H and O–H groups in total. The van der Waals surface area contributed by atoms with E-state index >= 15 is 0 Å². The first kappa shape index (κ1) is 17.5. The molecule has 2 aromatic carbocycles. The Balaban J connectivity index is 1.93. The zero-order valence-electron chi connectivity index (χ0n) is 13.8. The molecule has 1 saturated heterocycles. The van der Waals surface area contributed by atoms with Crippen molar-refractivity contribution in [2.45, 2.75) is 42.4 Å². The van der Waals surface area contributed by atoms with E-state index in [0.717, 1.165) is 11.1 Å². The smallest absolute Gasteiger partial charge is 0.184 e. The van der Waals surface area contributed by atoms with Gasteiger partial charge in [0.15, 0.2) is 9.84 Å². The number of ether oxygens (including phenoxy) is 1. The maximum atomic E-state index is 13.2. The van der Waals surface area contributed by atoms with Crippen LogP contribution in [0.4, 0.5) is 0 Å². The predicted octanol–water partition coefficient (Wildman–Crippen LogP) is 4.73. The molecular weight excluding hydrogens is 344 g/mol. The van der Waals surface area contributed by atoms with Crippen molar-refractivity contribution in [2.75, 3.05) is 6.61 Å². The van der Waals surface area contributed by atoms with Gasteiger partial charge in [-0.3, -0.25) is 0 Å². The molecule has 0 unspecified atom stereocenters. The van der Waals surface area contributed by atoms with E-state index in [4.69, 9.17) is 16.3 Å². The van der Waals surface area contributed by atoms with Gasteiger partial charge in [-0.05, 0) is 62.1 Å². The zero-order chi connectivity index (χ0) is 17.4. The molecule has 2 atom stereocenters. The topological polar surface area (TPSA) is 43.4 Å². The molecular formula is C19H21ClO3S. The first-order valence-corrected chi connectivity index (χ1v) is 9.86. The first-order valence-electron chi connectivity index (χ1n) is 8.00. The van der Waals surface area contributed by atoms with E-state index in [1.165, 1.54) is 0 Å². The lowest BCUT2D eigenvalue weighted by atomic mass is 9.92. The van der Waals surface area contributed by atoms with Gasteiger partial charge in [-0.2, -0.15) is 0 Å². The van der Waals surface area contributed by atoms with E-state index in [1.807, 2.05) is 32.0 Å².